The van der Waals surface area contributed by atoms with Crippen molar-refractivity contribution in [3.05, 3.63) is 52.3 Å². The number of anilines is 2. The molecule has 1 fully saturated rings. The number of amides is 1. The molecule has 1 aliphatic rings. The van der Waals surface area contributed by atoms with Crippen molar-refractivity contribution < 1.29 is 9.53 Å². The maximum Gasteiger partial charge on any atom is 0.225 e. The van der Waals surface area contributed by atoms with E-state index in [4.69, 9.17) is 20.4 Å². The Kier molecular flexibility index (Phi) is 7.38. The van der Waals surface area contributed by atoms with E-state index in [0.717, 1.165) is 59.4 Å². The molecule has 0 unspecified atom stereocenters. The number of methoxy groups -OCH3 is 1. The van der Waals surface area contributed by atoms with E-state index in [1.54, 1.807) is 12.0 Å². The number of benzene rings is 2. The standard InChI is InChI=1S/C29H39N5O2/c1-16-12-22(30)13-23(17(16)2)18(3)31-28-25-14-24(27(36-7)15-26(25)32-19(4)33-28)20-8-10-21(11-9-20)29(35)34(5)6/h12-15,18,20-21H,8-11,30H2,1-7H3,(H,31,32,33)/t18-,20?,21?/m1/s1. The van der Waals surface area contributed by atoms with E-state index in [1.165, 1.54) is 16.7 Å². The number of hydrogen-bond acceptors (Lipinski definition) is 6. The first kappa shape index (κ1) is 25.7. The molecule has 0 saturated heterocycles. The van der Waals surface area contributed by atoms with Gasteiger partial charge in [-0.25, -0.2) is 9.97 Å². The second kappa shape index (κ2) is 10.3. The third kappa shape index (κ3) is 5.11. The average Bonchev–Trinajstić information content (AvgIpc) is 2.84. The lowest BCUT2D eigenvalue weighted by Crippen LogP contribution is -2.32. The molecule has 0 radical (unpaired) electrons. The van der Waals surface area contributed by atoms with Crippen LogP contribution in [0.2, 0.25) is 0 Å². The highest BCUT2D eigenvalue weighted by Crippen LogP contribution is 2.42. The molecular formula is C29H39N5O2. The maximum atomic E-state index is 12.5. The first-order chi connectivity index (χ1) is 17.1. The molecule has 1 amide bonds. The zero-order valence-corrected chi connectivity index (χ0v) is 22.6. The van der Waals surface area contributed by atoms with Crippen LogP contribution in [-0.4, -0.2) is 42.0 Å². The highest BCUT2D eigenvalue weighted by Gasteiger charge is 2.30. The minimum Gasteiger partial charge on any atom is -0.496 e. The van der Waals surface area contributed by atoms with Gasteiger partial charge in [0.1, 0.15) is 17.4 Å². The summed E-state index contributed by atoms with van der Waals surface area (Å²) < 4.78 is 5.82. The Bertz CT molecular complexity index is 1280. The molecule has 1 heterocycles. The molecule has 1 atom stereocenters. The van der Waals surface area contributed by atoms with E-state index < -0.39 is 0 Å². The van der Waals surface area contributed by atoms with Crippen LogP contribution in [0.15, 0.2) is 24.3 Å². The summed E-state index contributed by atoms with van der Waals surface area (Å²) in [6.07, 6.45) is 3.70. The number of carbonyl (C=O) groups excluding carboxylic acids is 1. The molecule has 0 bridgehead atoms. The monoisotopic (exact) mass is 489 g/mol. The Morgan fingerprint density at radius 1 is 1.08 bits per heavy atom. The summed E-state index contributed by atoms with van der Waals surface area (Å²) in [6.45, 7) is 8.27. The molecule has 3 N–H and O–H groups in total. The number of nitrogens with zero attached hydrogens (tertiary/aromatic N) is 3. The number of aryl methyl sites for hydroxylation is 2. The Hall–Kier alpha value is -3.35. The second-order valence-electron chi connectivity index (χ2n) is 10.4. The third-order valence-electron chi connectivity index (χ3n) is 7.67. The van der Waals surface area contributed by atoms with Gasteiger partial charge in [-0.15, -0.1) is 0 Å². The normalized spacial score (nSPS) is 18.6. The molecule has 4 rings (SSSR count). The Labute approximate surface area is 214 Å². The lowest BCUT2D eigenvalue weighted by atomic mass is 9.77. The van der Waals surface area contributed by atoms with Gasteiger partial charge in [-0.1, -0.05) is 0 Å². The van der Waals surface area contributed by atoms with Crippen LogP contribution in [0.1, 0.15) is 72.6 Å². The average molecular weight is 490 g/mol. The molecule has 192 valence electrons. The number of nitrogens with two attached hydrogens (primary N) is 1. The van der Waals surface area contributed by atoms with Crippen molar-refractivity contribution in [2.75, 3.05) is 32.3 Å². The van der Waals surface area contributed by atoms with Gasteiger partial charge in [0, 0.05) is 37.2 Å². The first-order valence-electron chi connectivity index (χ1n) is 12.8. The molecule has 2 aromatic carbocycles. The molecule has 0 spiro atoms. The van der Waals surface area contributed by atoms with Crippen molar-refractivity contribution in [3.8, 4) is 5.75 Å². The molecule has 1 saturated carbocycles. The van der Waals surface area contributed by atoms with Gasteiger partial charge in [0.2, 0.25) is 5.91 Å². The van der Waals surface area contributed by atoms with E-state index in [0.29, 0.717) is 11.7 Å². The van der Waals surface area contributed by atoms with E-state index in [1.807, 2.05) is 39.2 Å². The zero-order valence-electron chi connectivity index (χ0n) is 22.6. The van der Waals surface area contributed by atoms with E-state index in [-0.39, 0.29) is 17.9 Å². The maximum absolute atomic E-state index is 12.5. The minimum atomic E-state index is 0.0164. The minimum absolute atomic E-state index is 0.0164. The van der Waals surface area contributed by atoms with Crippen LogP contribution in [0.4, 0.5) is 11.5 Å². The van der Waals surface area contributed by atoms with Crippen LogP contribution in [-0.2, 0) is 4.79 Å². The predicted molar refractivity (Wildman–Crippen MR) is 147 cm³/mol. The zero-order chi connectivity index (χ0) is 26.1. The Morgan fingerprint density at radius 3 is 2.42 bits per heavy atom. The van der Waals surface area contributed by atoms with Crippen LogP contribution in [0, 0.1) is 26.7 Å². The fourth-order valence-electron chi connectivity index (χ4n) is 5.56. The number of nitrogen functional groups attached to an aromatic ring is 1. The summed E-state index contributed by atoms with van der Waals surface area (Å²) in [5.74, 6) is 3.04. The molecule has 36 heavy (non-hydrogen) atoms. The van der Waals surface area contributed by atoms with Crippen LogP contribution in [0.3, 0.4) is 0 Å². The Balaban J connectivity index is 1.69. The number of hydrogen-bond donors (Lipinski definition) is 2. The highest BCUT2D eigenvalue weighted by molar-refractivity contribution is 5.91. The molecule has 7 heteroatoms. The van der Waals surface area contributed by atoms with Gasteiger partial charge in [0.15, 0.2) is 0 Å². The summed E-state index contributed by atoms with van der Waals surface area (Å²) in [6, 6.07) is 8.29. The Morgan fingerprint density at radius 2 is 1.78 bits per heavy atom. The number of aromatic nitrogens is 2. The molecule has 1 aliphatic carbocycles. The second-order valence-corrected chi connectivity index (χ2v) is 10.4. The van der Waals surface area contributed by atoms with Crippen molar-refractivity contribution in [3.63, 3.8) is 0 Å². The summed E-state index contributed by atoms with van der Waals surface area (Å²) in [4.78, 5) is 23.7. The van der Waals surface area contributed by atoms with E-state index in [2.05, 4.69) is 32.2 Å². The number of nitrogens with one attached hydrogen (secondary N) is 1. The SMILES string of the molecule is COc1cc2nc(C)nc(N[C@H](C)c3cc(N)cc(C)c3C)c2cc1C1CCC(C(=O)N(C)C)CC1. The smallest absolute Gasteiger partial charge is 0.225 e. The van der Waals surface area contributed by atoms with Gasteiger partial charge in [-0.2, -0.15) is 0 Å². The van der Waals surface area contributed by atoms with Gasteiger partial charge in [0.25, 0.3) is 0 Å². The van der Waals surface area contributed by atoms with Crippen molar-refractivity contribution >= 4 is 28.3 Å². The van der Waals surface area contributed by atoms with E-state index in [9.17, 15) is 4.79 Å². The number of carbonyl (C=O) groups is 1. The number of fused-ring (bicyclic) bond motifs is 1. The summed E-state index contributed by atoms with van der Waals surface area (Å²) in [5, 5.41) is 4.62. The quantitative estimate of drug-likeness (QED) is 0.433. The van der Waals surface area contributed by atoms with Gasteiger partial charge in [-0.3, -0.25) is 4.79 Å². The summed E-state index contributed by atoms with van der Waals surface area (Å²) in [7, 11) is 5.39. The van der Waals surface area contributed by atoms with E-state index >= 15 is 0 Å². The van der Waals surface area contributed by atoms with Crippen LogP contribution in [0.25, 0.3) is 10.9 Å². The fraction of sp³-hybridized carbons (Fsp3) is 0.483. The van der Waals surface area contributed by atoms with Gasteiger partial charge >= 0.3 is 0 Å². The lowest BCUT2D eigenvalue weighted by Gasteiger charge is -2.30. The molecule has 1 aromatic heterocycles. The van der Waals surface area contributed by atoms with Gasteiger partial charge in [-0.05, 0) is 99.7 Å². The molecule has 0 aliphatic heterocycles. The molecule has 3 aromatic rings. The lowest BCUT2D eigenvalue weighted by molar-refractivity contribution is -0.134. The van der Waals surface area contributed by atoms with Crippen molar-refractivity contribution in [2.45, 2.75) is 65.3 Å². The molecule has 7 nitrogen and oxygen atoms in total. The third-order valence-corrected chi connectivity index (χ3v) is 7.67. The first-order valence-corrected chi connectivity index (χ1v) is 12.8. The van der Waals surface area contributed by atoms with Gasteiger partial charge in [0.05, 0.1) is 18.7 Å². The topological polar surface area (TPSA) is 93.4 Å². The largest absolute Gasteiger partial charge is 0.496 e. The number of rotatable bonds is 6. The van der Waals surface area contributed by atoms with Gasteiger partial charge < -0.3 is 20.7 Å². The van der Waals surface area contributed by atoms with Crippen molar-refractivity contribution in [1.82, 2.24) is 14.9 Å². The fourth-order valence-corrected chi connectivity index (χ4v) is 5.56. The van der Waals surface area contributed by atoms with Crippen molar-refractivity contribution in [1.29, 1.82) is 0 Å². The summed E-state index contributed by atoms with van der Waals surface area (Å²) >= 11 is 0. The number of ether oxygens (including phenoxy) is 1. The van der Waals surface area contributed by atoms with Crippen molar-refractivity contribution in [2.24, 2.45) is 5.92 Å². The summed E-state index contributed by atoms with van der Waals surface area (Å²) in [5.41, 5.74) is 12.5. The van der Waals surface area contributed by atoms with Crippen LogP contribution >= 0.6 is 0 Å². The highest BCUT2D eigenvalue weighted by atomic mass is 16.5. The molecular weight excluding hydrogens is 450 g/mol. The van der Waals surface area contributed by atoms with Crippen LogP contribution < -0.4 is 15.8 Å². The van der Waals surface area contributed by atoms with Crippen LogP contribution in [0.5, 0.6) is 5.75 Å². The predicted octanol–water partition coefficient (Wildman–Crippen LogP) is 5.68.